The zero-order valence-electron chi connectivity index (χ0n) is 19.1. The van der Waals surface area contributed by atoms with Crippen LogP contribution in [-0.2, 0) is 21.6 Å². The summed E-state index contributed by atoms with van der Waals surface area (Å²) in [6.45, 7) is 2.99. The predicted octanol–water partition coefficient (Wildman–Crippen LogP) is 5.25. The van der Waals surface area contributed by atoms with Crippen molar-refractivity contribution < 1.29 is 26.7 Å². The van der Waals surface area contributed by atoms with Gasteiger partial charge in [0.1, 0.15) is 5.60 Å². The van der Waals surface area contributed by atoms with E-state index in [9.17, 15) is 26.7 Å². The Morgan fingerprint density at radius 1 is 0.914 bits per heavy atom. The Morgan fingerprint density at radius 3 is 2.17 bits per heavy atom. The molecule has 4 rings (SSSR count). The van der Waals surface area contributed by atoms with Crippen LogP contribution in [0.25, 0.3) is 28.1 Å². The van der Waals surface area contributed by atoms with Gasteiger partial charge >= 0.3 is 6.18 Å². The van der Waals surface area contributed by atoms with E-state index in [-0.39, 0.29) is 16.3 Å². The molecule has 2 heterocycles. The number of hydrogen-bond donors (Lipinski definition) is 1. The van der Waals surface area contributed by atoms with Crippen LogP contribution >= 0.6 is 0 Å². The van der Waals surface area contributed by atoms with Crippen molar-refractivity contribution in [3.8, 4) is 28.1 Å². The van der Waals surface area contributed by atoms with Gasteiger partial charge in [0.05, 0.1) is 33.7 Å². The van der Waals surface area contributed by atoms with Gasteiger partial charge in [-0.1, -0.05) is 36.4 Å². The van der Waals surface area contributed by atoms with Gasteiger partial charge < -0.3 is 5.11 Å². The summed E-state index contributed by atoms with van der Waals surface area (Å²) in [4.78, 5) is 4.03. The van der Waals surface area contributed by atoms with Gasteiger partial charge in [0.25, 0.3) is 0 Å². The summed E-state index contributed by atoms with van der Waals surface area (Å²) >= 11 is 0. The van der Waals surface area contributed by atoms with Crippen LogP contribution < -0.4 is 0 Å². The van der Waals surface area contributed by atoms with E-state index >= 15 is 0 Å². The zero-order valence-corrected chi connectivity index (χ0v) is 19.9. The molecule has 0 spiro atoms. The fraction of sp³-hybridized carbons (Fsp3) is 0.200. The first kappa shape index (κ1) is 24.6. The Bertz CT molecular complexity index is 1490. The first-order chi connectivity index (χ1) is 16.2. The van der Waals surface area contributed by atoms with Crippen molar-refractivity contribution in [1.82, 2.24) is 14.8 Å². The summed E-state index contributed by atoms with van der Waals surface area (Å²) in [6.07, 6.45) is -1.36. The molecule has 2 aromatic heterocycles. The van der Waals surface area contributed by atoms with Crippen LogP contribution in [0.15, 0.2) is 78.0 Å². The van der Waals surface area contributed by atoms with Gasteiger partial charge in [0, 0.05) is 18.0 Å². The van der Waals surface area contributed by atoms with Crippen molar-refractivity contribution in [2.24, 2.45) is 0 Å². The lowest BCUT2D eigenvalue weighted by molar-refractivity contribution is -0.137. The average molecular weight is 502 g/mol. The smallest absolute Gasteiger partial charge is 0.384 e. The first-order valence-electron chi connectivity index (χ1n) is 10.5. The molecular formula is C25H22F3N3O3S. The molecule has 4 aromatic rings. The molecule has 6 nitrogen and oxygen atoms in total. The van der Waals surface area contributed by atoms with Crippen molar-refractivity contribution in [2.75, 3.05) is 6.26 Å². The van der Waals surface area contributed by atoms with E-state index < -0.39 is 27.2 Å². The molecular weight excluding hydrogens is 479 g/mol. The third kappa shape index (κ3) is 5.13. The second-order valence-corrected chi connectivity index (χ2v) is 10.7. The van der Waals surface area contributed by atoms with Gasteiger partial charge in [0.2, 0.25) is 0 Å². The molecule has 0 aliphatic rings. The van der Waals surface area contributed by atoms with Crippen molar-refractivity contribution in [3.05, 3.63) is 84.3 Å². The summed E-state index contributed by atoms with van der Waals surface area (Å²) in [5.74, 6) is 0. The number of nitrogens with zero attached hydrogens (tertiary/aromatic N) is 3. The quantitative estimate of drug-likeness (QED) is 0.404. The van der Waals surface area contributed by atoms with E-state index in [1.54, 1.807) is 42.5 Å². The number of aliphatic hydroxyl groups is 1. The van der Waals surface area contributed by atoms with E-state index in [1.165, 1.54) is 26.0 Å². The number of alkyl halides is 3. The lowest BCUT2D eigenvalue weighted by Gasteiger charge is -2.15. The zero-order chi connectivity index (χ0) is 25.6. The Balaban J connectivity index is 1.84. The minimum Gasteiger partial charge on any atom is -0.384 e. The highest BCUT2D eigenvalue weighted by Gasteiger charge is 2.35. The molecule has 0 fully saturated rings. The molecule has 35 heavy (non-hydrogen) atoms. The lowest BCUT2D eigenvalue weighted by Crippen LogP contribution is -2.17. The molecule has 1 N–H and O–H groups in total. The fourth-order valence-corrected chi connectivity index (χ4v) is 4.27. The van der Waals surface area contributed by atoms with Crippen LogP contribution in [-0.4, -0.2) is 34.5 Å². The fourth-order valence-electron chi connectivity index (χ4n) is 3.60. The number of benzene rings is 2. The van der Waals surface area contributed by atoms with Crippen LogP contribution in [0.3, 0.4) is 0 Å². The second kappa shape index (κ2) is 8.62. The molecule has 10 heteroatoms. The number of hydrogen-bond acceptors (Lipinski definition) is 5. The van der Waals surface area contributed by atoms with Crippen molar-refractivity contribution in [1.29, 1.82) is 0 Å². The molecule has 0 amide bonds. The molecule has 0 aliphatic heterocycles. The highest BCUT2D eigenvalue weighted by molar-refractivity contribution is 7.90. The van der Waals surface area contributed by atoms with Crippen molar-refractivity contribution in [3.63, 3.8) is 0 Å². The SMILES string of the molecule is CC(C)(O)c1cc(-c2ccc(-c3cccc(S(C)(=O)=O)c3)cc2)n(-c2cnccc2C(F)(F)F)n1. The number of aromatic nitrogens is 3. The summed E-state index contributed by atoms with van der Waals surface area (Å²) < 4.78 is 66.0. The largest absolute Gasteiger partial charge is 0.418 e. The van der Waals surface area contributed by atoms with Gasteiger partial charge in [-0.15, -0.1) is 0 Å². The van der Waals surface area contributed by atoms with Crippen molar-refractivity contribution >= 4 is 9.84 Å². The van der Waals surface area contributed by atoms with Crippen LogP contribution in [0.5, 0.6) is 0 Å². The van der Waals surface area contributed by atoms with E-state index in [2.05, 4.69) is 10.1 Å². The van der Waals surface area contributed by atoms with E-state index in [0.717, 1.165) is 35.0 Å². The maximum Gasteiger partial charge on any atom is 0.418 e. The average Bonchev–Trinajstić information content (AvgIpc) is 3.24. The Labute approximate surface area is 200 Å². The van der Waals surface area contributed by atoms with Crippen LogP contribution in [0.4, 0.5) is 13.2 Å². The molecule has 2 aromatic carbocycles. The van der Waals surface area contributed by atoms with Gasteiger partial charge in [-0.05, 0) is 49.2 Å². The van der Waals surface area contributed by atoms with Crippen LogP contribution in [0.2, 0.25) is 0 Å². The summed E-state index contributed by atoms with van der Waals surface area (Å²) in [5, 5.41) is 14.8. The van der Waals surface area contributed by atoms with E-state index in [1.807, 2.05) is 0 Å². The molecule has 0 bridgehead atoms. The Hall–Kier alpha value is -3.50. The summed E-state index contributed by atoms with van der Waals surface area (Å²) in [5.41, 5.74) is -0.0995. The van der Waals surface area contributed by atoms with Gasteiger partial charge in [0.15, 0.2) is 9.84 Å². The monoisotopic (exact) mass is 501 g/mol. The molecule has 0 saturated heterocycles. The number of pyridine rings is 1. The molecule has 0 atom stereocenters. The topological polar surface area (TPSA) is 85.1 Å². The highest BCUT2D eigenvalue weighted by Crippen LogP contribution is 2.36. The minimum absolute atomic E-state index is 0.184. The second-order valence-electron chi connectivity index (χ2n) is 8.65. The molecule has 0 unspecified atom stereocenters. The Kier molecular flexibility index (Phi) is 6.06. The van der Waals surface area contributed by atoms with Gasteiger partial charge in [-0.2, -0.15) is 18.3 Å². The highest BCUT2D eigenvalue weighted by atomic mass is 32.2. The molecule has 0 aliphatic carbocycles. The number of sulfone groups is 1. The van der Waals surface area contributed by atoms with E-state index in [0.29, 0.717) is 16.8 Å². The standard InChI is InChI=1S/C25H22F3N3O3S/c1-24(2,32)23-14-21(31(30-23)22-15-29-12-11-20(22)25(26,27)28)17-9-7-16(8-10-17)18-5-4-6-19(13-18)35(3,33)34/h4-15,32H,1-3H3. The van der Waals surface area contributed by atoms with E-state index in [4.69, 9.17) is 0 Å². The van der Waals surface area contributed by atoms with Crippen molar-refractivity contribution in [2.45, 2.75) is 30.5 Å². The summed E-state index contributed by atoms with van der Waals surface area (Å²) in [7, 11) is -3.38. The third-order valence-corrected chi connectivity index (χ3v) is 6.56. The maximum atomic E-state index is 13.7. The van der Waals surface area contributed by atoms with Gasteiger partial charge in [-0.3, -0.25) is 4.98 Å². The Morgan fingerprint density at radius 2 is 1.57 bits per heavy atom. The minimum atomic E-state index is -4.63. The normalized spacial score (nSPS) is 12.7. The van der Waals surface area contributed by atoms with Crippen LogP contribution in [0.1, 0.15) is 25.1 Å². The lowest BCUT2D eigenvalue weighted by atomic mass is 10.0. The molecule has 0 saturated carbocycles. The number of rotatable bonds is 5. The predicted molar refractivity (Wildman–Crippen MR) is 126 cm³/mol. The molecule has 0 radical (unpaired) electrons. The van der Waals surface area contributed by atoms with Gasteiger partial charge in [-0.25, -0.2) is 13.1 Å². The first-order valence-corrected chi connectivity index (χ1v) is 12.4. The summed E-state index contributed by atoms with van der Waals surface area (Å²) in [6, 6.07) is 15.8. The number of halogens is 3. The van der Waals surface area contributed by atoms with Crippen LogP contribution in [0, 0.1) is 0 Å². The maximum absolute atomic E-state index is 13.7. The molecule has 182 valence electrons. The third-order valence-electron chi connectivity index (χ3n) is 5.45.